The van der Waals surface area contributed by atoms with E-state index in [1.54, 1.807) is 0 Å². The Morgan fingerprint density at radius 3 is 3.07 bits per heavy atom. The summed E-state index contributed by atoms with van der Waals surface area (Å²) < 4.78 is 5.59. The number of benzene rings is 1. The van der Waals surface area contributed by atoms with Crippen LogP contribution in [0.5, 0.6) is 5.75 Å². The number of fused-ring (bicyclic) bond motifs is 1. The van der Waals surface area contributed by atoms with Gasteiger partial charge in [0.05, 0.1) is 6.61 Å². The lowest BCUT2D eigenvalue weighted by Crippen LogP contribution is -2.18. The number of ether oxygens (including phenoxy) is 1. The van der Waals surface area contributed by atoms with Crippen molar-refractivity contribution in [2.75, 3.05) is 6.61 Å². The summed E-state index contributed by atoms with van der Waals surface area (Å²) in [4.78, 5) is 0. The van der Waals surface area contributed by atoms with Crippen LogP contribution in [-0.2, 0) is 6.42 Å². The number of hydrogen-bond donors (Lipinski definition) is 1. The van der Waals surface area contributed by atoms with Crippen molar-refractivity contribution in [1.82, 2.24) is 0 Å². The highest BCUT2D eigenvalue weighted by atomic mass is 16.5. The van der Waals surface area contributed by atoms with Gasteiger partial charge < -0.3 is 10.5 Å². The van der Waals surface area contributed by atoms with Crippen LogP contribution < -0.4 is 10.5 Å². The smallest absolute Gasteiger partial charge is 0.123 e. The van der Waals surface area contributed by atoms with Gasteiger partial charge in [-0.2, -0.15) is 0 Å². The Kier molecular flexibility index (Phi) is 2.46. The molecule has 0 amide bonds. The van der Waals surface area contributed by atoms with Crippen molar-refractivity contribution in [2.24, 2.45) is 5.73 Å². The Morgan fingerprint density at radius 2 is 2.36 bits per heavy atom. The van der Waals surface area contributed by atoms with Crippen molar-refractivity contribution < 1.29 is 4.74 Å². The Bertz CT molecular complexity index is 333. The van der Waals surface area contributed by atoms with Crippen LogP contribution in [-0.4, -0.2) is 12.6 Å². The maximum Gasteiger partial charge on any atom is 0.123 e. The maximum atomic E-state index is 5.82. The minimum atomic E-state index is 0.217. The zero-order valence-corrected chi connectivity index (χ0v) is 8.79. The summed E-state index contributed by atoms with van der Waals surface area (Å²) in [6, 6.07) is 6.47. The molecule has 2 N–H and O–H groups in total. The summed E-state index contributed by atoms with van der Waals surface area (Å²) in [7, 11) is 0. The lowest BCUT2D eigenvalue weighted by molar-refractivity contribution is 0.337. The molecule has 1 aliphatic heterocycles. The summed E-state index contributed by atoms with van der Waals surface area (Å²) >= 11 is 0. The summed E-state index contributed by atoms with van der Waals surface area (Å²) in [5.74, 6) is 1.57. The fourth-order valence-electron chi connectivity index (χ4n) is 2.10. The van der Waals surface area contributed by atoms with E-state index in [0.717, 1.165) is 18.8 Å². The van der Waals surface area contributed by atoms with E-state index in [4.69, 9.17) is 10.5 Å². The average Bonchev–Trinajstić information content (AvgIpc) is 2.48. The minimum absolute atomic E-state index is 0.217. The summed E-state index contributed by atoms with van der Waals surface area (Å²) in [5.41, 5.74) is 8.54. The molecular formula is C12H17NO. The molecule has 0 saturated heterocycles. The number of nitrogens with two attached hydrogens (primary N) is 1. The molecule has 0 aromatic heterocycles. The van der Waals surface area contributed by atoms with Gasteiger partial charge in [0.1, 0.15) is 5.75 Å². The molecule has 0 aliphatic carbocycles. The second kappa shape index (κ2) is 3.62. The fourth-order valence-corrected chi connectivity index (χ4v) is 2.10. The maximum absolute atomic E-state index is 5.82. The van der Waals surface area contributed by atoms with E-state index in [0.29, 0.717) is 5.92 Å². The molecule has 14 heavy (non-hydrogen) atoms. The Labute approximate surface area is 85.1 Å². The largest absolute Gasteiger partial charge is 0.493 e. The minimum Gasteiger partial charge on any atom is -0.493 e. The molecule has 1 aliphatic rings. The molecule has 0 bridgehead atoms. The quantitative estimate of drug-likeness (QED) is 0.776. The summed E-state index contributed by atoms with van der Waals surface area (Å²) in [5, 5.41) is 0. The molecule has 2 atom stereocenters. The van der Waals surface area contributed by atoms with Crippen LogP contribution in [0.4, 0.5) is 0 Å². The van der Waals surface area contributed by atoms with Crippen molar-refractivity contribution >= 4 is 0 Å². The molecule has 2 unspecified atom stereocenters. The Hall–Kier alpha value is -1.02. The first-order valence-electron chi connectivity index (χ1n) is 5.18. The normalized spacial score (nSPS) is 21.5. The molecule has 0 spiro atoms. The average molecular weight is 191 g/mol. The highest BCUT2D eigenvalue weighted by Gasteiger charge is 2.23. The van der Waals surface area contributed by atoms with Gasteiger partial charge in [-0.15, -0.1) is 0 Å². The van der Waals surface area contributed by atoms with Gasteiger partial charge in [0.2, 0.25) is 0 Å². The van der Waals surface area contributed by atoms with Crippen LogP contribution in [0.3, 0.4) is 0 Å². The van der Waals surface area contributed by atoms with Crippen LogP contribution in [0.2, 0.25) is 0 Å². The number of hydrogen-bond acceptors (Lipinski definition) is 2. The molecule has 2 rings (SSSR count). The zero-order chi connectivity index (χ0) is 10.1. The lowest BCUT2D eigenvalue weighted by Gasteiger charge is -2.11. The van der Waals surface area contributed by atoms with Crippen LogP contribution >= 0.6 is 0 Å². The second-order valence-corrected chi connectivity index (χ2v) is 4.22. The SMILES string of the molecule is CC(N)Cc1cccc2c1C(C)CO2. The highest BCUT2D eigenvalue weighted by Crippen LogP contribution is 2.36. The summed E-state index contributed by atoms with van der Waals surface area (Å²) in [6.45, 7) is 5.06. The first kappa shape index (κ1) is 9.53. The molecule has 2 nitrogen and oxygen atoms in total. The zero-order valence-electron chi connectivity index (χ0n) is 8.79. The highest BCUT2D eigenvalue weighted by molar-refractivity contribution is 5.45. The molecule has 0 fully saturated rings. The molecule has 0 radical (unpaired) electrons. The van der Waals surface area contributed by atoms with E-state index in [-0.39, 0.29) is 6.04 Å². The van der Waals surface area contributed by atoms with Crippen molar-refractivity contribution in [3.05, 3.63) is 29.3 Å². The van der Waals surface area contributed by atoms with Gasteiger partial charge in [-0.05, 0) is 25.0 Å². The van der Waals surface area contributed by atoms with E-state index in [9.17, 15) is 0 Å². The third-order valence-corrected chi connectivity index (χ3v) is 2.68. The van der Waals surface area contributed by atoms with Gasteiger partial charge in [0, 0.05) is 17.5 Å². The van der Waals surface area contributed by atoms with E-state index in [2.05, 4.69) is 19.1 Å². The molecular weight excluding hydrogens is 174 g/mol. The summed E-state index contributed by atoms with van der Waals surface area (Å²) in [6.07, 6.45) is 0.941. The Morgan fingerprint density at radius 1 is 1.57 bits per heavy atom. The fraction of sp³-hybridized carbons (Fsp3) is 0.500. The van der Waals surface area contributed by atoms with Gasteiger partial charge >= 0.3 is 0 Å². The van der Waals surface area contributed by atoms with Crippen molar-refractivity contribution in [2.45, 2.75) is 32.2 Å². The van der Waals surface area contributed by atoms with Gasteiger partial charge in [0.25, 0.3) is 0 Å². The van der Waals surface area contributed by atoms with Gasteiger partial charge in [-0.25, -0.2) is 0 Å². The van der Waals surface area contributed by atoms with Crippen molar-refractivity contribution in [1.29, 1.82) is 0 Å². The standard InChI is InChI=1S/C12H17NO/c1-8-7-14-11-5-3-4-10(12(8)11)6-9(2)13/h3-5,8-9H,6-7,13H2,1-2H3. The van der Waals surface area contributed by atoms with Gasteiger partial charge in [0.15, 0.2) is 0 Å². The van der Waals surface area contributed by atoms with Gasteiger partial charge in [-0.1, -0.05) is 19.1 Å². The van der Waals surface area contributed by atoms with Crippen molar-refractivity contribution in [3.63, 3.8) is 0 Å². The predicted octanol–water partition coefficient (Wildman–Crippen LogP) is 2.07. The molecule has 1 aromatic rings. The van der Waals surface area contributed by atoms with Gasteiger partial charge in [-0.3, -0.25) is 0 Å². The molecule has 1 heterocycles. The van der Waals surface area contributed by atoms with E-state index in [1.807, 2.05) is 13.0 Å². The second-order valence-electron chi connectivity index (χ2n) is 4.22. The van der Waals surface area contributed by atoms with E-state index >= 15 is 0 Å². The van der Waals surface area contributed by atoms with Crippen molar-refractivity contribution in [3.8, 4) is 5.75 Å². The lowest BCUT2D eigenvalue weighted by atomic mass is 9.94. The van der Waals surface area contributed by atoms with E-state index < -0.39 is 0 Å². The third kappa shape index (κ3) is 1.62. The van der Waals surface area contributed by atoms with Crippen LogP contribution in [0.1, 0.15) is 30.9 Å². The predicted molar refractivity (Wildman–Crippen MR) is 57.7 cm³/mol. The Balaban J connectivity index is 2.36. The van der Waals surface area contributed by atoms with Crippen LogP contribution in [0.25, 0.3) is 0 Å². The number of rotatable bonds is 2. The monoisotopic (exact) mass is 191 g/mol. The molecule has 76 valence electrons. The van der Waals surface area contributed by atoms with Crippen LogP contribution in [0, 0.1) is 0 Å². The van der Waals surface area contributed by atoms with Crippen LogP contribution in [0.15, 0.2) is 18.2 Å². The topological polar surface area (TPSA) is 35.2 Å². The first-order valence-corrected chi connectivity index (χ1v) is 5.18. The first-order chi connectivity index (χ1) is 6.68. The molecule has 0 saturated carbocycles. The molecule has 1 aromatic carbocycles. The molecule has 2 heteroatoms. The third-order valence-electron chi connectivity index (χ3n) is 2.68. The van der Waals surface area contributed by atoms with E-state index in [1.165, 1.54) is 11.1 Å².